The smallest absolute Gasteiger partial charge is 0.271 e. The van der Waals surface area contributed by atoms with Crippen molar-refractivity contribution in [3.05, 3.63) is 23.2 Å². The number of carbonyl (C=O) groups is 1. The molecule has 1 aromatic heterocycles. The summed E-state index contributed by atoms with van der Waals surface area (Å²) >= 11 is 5.53. The summed E-state index contributed by atoms with van der Waals surface area (Å²) in [4.78, 5) is 19.1. The van der Waals surface area contributed by atoms with Gasteiger partial charge in [0, 0.05) is 0 Å². The summed E-state index contributed by atoms with van der Waals surface area (Å²) in [6, 6.07) is 0. The second kappa shape index (κ2) is 4.55. The lowest BCUT2D eigenvalue weighted by Gasteiger charge is -2.22. The van der Waals surface area contributed by atoms with Gasteiger partial charge in [-0.05, 0) is 13.8 Å². The maximum atomic E-state index is 11.6. The topological polar surface area (TPSA) is 75.1 Å². The SMILES string of the molecule is CC(C)(CO)NC(=O)c1cnc(Cl)cn1. The second-order valence-corrected chi connectivity index (χ2v) is 4.11. The summed E-state index contributed by atoms with van der Waals surface area (Å²) in [6.45, 7) is 3.25. The highest BCUT2D eigenvalue weighted by atomic mass is 35.5. The molecule has 1 rings (SSSR count). The molecule has 0 saturated heterocycles. The van der Waals surface area contributed by atoms with Gasteiger partial charge in [0.05, 0.1) is 24.5 Å². The number of amides is 1. The lowest BCUT2D eigenvalue weighted by atomic mass is 10.1. The first-order chi connectivity index (χ1) is 6.94. The average molecular weight is 230 g/mol. The van der Waals surface area contributed by atoms with E-state index in [1.165, 1.54) is 12.4 Å². The van der Waals surface area contributed by atoms with E-state index in [9.17, 15) is 4.79 Å². The predicted octanol–water partition coefficient (Wildman–Crippen LogP) is 0.631. The molecule has 15 heavy (non-hydrogen) atoms. The van der Waals surface area contributed by atoms with Gasteiger partial charge in [-0.25, -0.2) is 9.97 Å². The number of hydrogen-bond donors (Lipinski definition) is 2. The Morgan fingerprint density at radius 2 is 2.20 bits per heavy atom. The van der Waals surface area contributed by atoms with Crippen LogP contribution in [0, 0.1) is 0 Å². The fourth-order valence-corrected chi connectivity index (χ4v) is 0.938. The van der Waals surface area contributed by atoms with Crippen LogP contribution in [0.1, 0.15) is 24.3 Å². The van der Waals surface area contributed by atoms with Gasteiger partial charge in [-0.15, -0.1) is 0 Å². The van der Waals surface area contributed by atoms with Gasteiger partial charge in [0.15, 0.2) is 0 Å². The van der Waals surface area contributed by atoms with E-state index in [0.717, 1.165) is 0 Å². The van der Waals surface area contributed by atoms with E-state index >= 15 is 0 Å². The molecule has 82 valence electrons. The number of aliphatic hydroxyl groups is 1. The van der Waals surface area contributed by atoms with Crippen molar-refractivity contribution in [1.29, 1.82) is 0 Å². The third-order valence-corrected chi connectivity index (χ3v) is 1.90. The minimum atomic E-state index is -0.682. The van der Waals surface area contributed by atoms with E-state index in [1.807, 2.05) is 0 Å². The number of nitrogens with zero attached hydrogens (tertiary/aromatic N) is 2. The highest BCUT2D eigenvalue weighted by Crippen LogP contribution is 2.04. The minimum absolute atomic E-state index is 0.153. The fraction of sp³-hybridized carbons (Fsp3) is 0.444. The standard InChI is InChI=1S/C9H12ClN3O2/c1-9(2,5-14)13-8(15)6-3-12-7(10)4-11-6/h3-4,14H,5H2,1-2H3,(H,13,15). The number of nitrogens with one attached hydrogen (secondary N) is 1. The van der Waals surface area contributed by atoms with Crippen LogP contribution in [-0.2, 0) is 0 Å². The summed E-state index contributed by atoms with van der Waals surface area (Å²) < 4.78 is 0. The molecule has 0 bridgehead atoms. The third-order valence-electron chi connectivity index (χ3n) is 1.70. The lowest BCUT2D eigenvalue weighted by Crippen LogP contribution is -2.46. The number of aromatic nitrogens is 2. The molecular weight excluding hydrogens is 218 g/mol. The summed E-state index contributed by atoms with van der Waals surface area (Å²) in [6.07, 6.45) is 2.58. The molecule has 1 aromatic rings. The molecular formula is C9H12ClN3O2. The number of halogens is 1. The Bertz CT molecular complexity index is 351. The van der Waals surface area contributed by atoms with E-state index in [1.54, 1.807) is 13.8 Å². The normalized spacial score (nSPS) is 11.2. The van der Waals surface area contributed by atoms with E-state index < -0.39 is 11.4 Å². The van der Waals surface area contributed by atoms with Crippen LogP contribution in [0.15, 0.2) is 12.4 Å². The molecule has 0 aliphatic rings. The largest absolute Gasteiger partial charge is 0.394 e. The molecule has 0 unspecified atom stereocenters. The Labute approximate surface area is 92.5 Å². The fourth-order valence-electron chi connectivity index (χ4n) is 0.840. The molecule has 1 heterocycles. The number of rotatable bonds is 3. The molecule has 0 atom stereocenters. The van der Waals surface area contributed by atoms with Gasteiger partial charge in [-0.3, -0.25) is 4.79 Å². The van der Waals surface area contributed by atoms with Gasteiger partial charge in [-0.2, -0.15) is 0 Å². The molecule has 0 aliphatic carbocycles. The monoisotopic (exact) mass is 229 g/mol. The van der Waals surface area contributed by atoms with Crippen LogP contribution in [-0.4, -0.2) is 33.1 Å². The van der Waals surface area contributed by atoms with Crippen molar-refractivity contribution in [1.82, 2.24) is 15.3 Å². The van der Waals surface area contributed by atoms with Gasteiger partial charge >= 0.3 is 0 Å². The van der Waals surface area contributed by atoms with Gasteiger partial charge < -0.3 is 10.4 Å². The summed E-state index contributed by atoms with van der Waals surface area (Å²) in [5.41, 5.74) is -0.515. The first-order valence-electron chi connectivity index (χ1n) is 4.35. The molecule has 0 radical (unpaired) electrons. The second-order valence-electron chi connectivity index (χ2n) is 3.72. The zero-order chi connectivity index (χ0) is 11.5. The van der Waals surface area contributed by atoms with Crippen molar-refractivity contribution in [3.8, 4) is 0 Å². The number of carbonyl (C=O) groups excluding carboxylic acids is 1. The van der Waals surface area contributed by atoms with Crippen LogP contribution in [0.3, 0.4) is 0 Å². The molecule has 0 spiro atoms. The Morgan fingerprint density at radius 1 is 1.53 bits per heavy atom. The molecule has 6 heteroatoms. The highest BCUT2D eigenvalue weighted by molar-refractivity contribution is 6.29. The first kappa shape index (κ1) is 11.9. The average Bonchev–Trinajstić information content (AvgIpc) is 2.18. The van der Waals surface area contributed by atoms with Gasteiger partial charge in [0.25, 0.3) is 5.91 Å². The Morgan fingerprint density at radius 3 is 2.67 bits per heavy atom. The molecule has 0 saturated carbocycles. The van der Waals surface area contributed by atoms with E-state index in [-0.39, 0.29) is 17.5 Å². The minimum Gasteiger partial charge on any atom is -0.394 e. The summed E-state index contributed by atoms with van der Waals surface area (Å²) in [5, 5.41) is 11.8. The molecule has 2 N–H and O–H groups in total. The van der Waals surface area contributed by atoms with Crippen LogP contribution >= 0.6 is 11.6 Å². The number of hydrogen-bond acceptors (Lipinski definition) is 4. The molecule has 0 aliphatic heterocycles. The van der Waals surface area contributed by atoms with Crippen molar-refractivity contribution >= 4 is 17.5 Å². The quantitative estimate of drug-likeness (QED) is 0.797. The van der Waals surface area contributed by atoms with Gasteiger partial charge in [-0.1, -0.05) is 11.6 Å². The van der Waals surface area contributed by atoms with Crippen LogP contribution in [0.2, 0.25) is 5.15 Å². The maximum absolute atomic E-state index is 11.6. The lowest BCUT2D eigenvalue weighted by molar-refractivity contribution is 0.0864. The molecule has 1 amide bonds. The van der Waals surface area contributed by atoms with Crippen molar-refractivity contribution in [2.75, 3.05) is 6.61 Å². The van der Waals surface area contributed by atoms with E-state index in [0.29, 0.717) is 0 Å². The van der Waals surface area contributed by atoms with E-state index in [4.69, 9.17) is 16.7 Å². The Hall–Kier alpha value is -1.20. The van der Waals surface area contributed by atoms with Crippen molar-refractivity contribution in [2.24, 2.45) is 0 Å². The summed E-state index contributed by atoms with van der Waals surface area (Å²) in [7, 11) is 0. The first-order valence-corrected chi connectivity index (χ1v) is 4.73. The van der Waals surface area contributed by atoms with Crippen molar-refractivity contribution in [2.45, 2.75) is 19.4 Å². The Kier molecular flexibility index (Phi) is 3.60. The zero-order valence-electron chi connectivity index (χ0n) is 8.49. The van der Waals surface area contributed by atoms with Crippen molar-refractivity contribution < 1.29 is 9.90 Å². The third kappa shape index (κ3) is 3.45. The molecule has 0 fully saturated rings. The predicted molar refractivity (Wildman–Crippen MR) is 55.7 cm³/mol. The molecule has 5 nitrogen and oxygen atoms in total. The Balaban J connectivity index is 2.74. The van der Waals surface area contributed by atoms with Crippen LogP contribution in [0.25, 0.3) is 0 Å². The van der Waals surface area contributed by atoms with E-state index in [2.05, 4.69) is 15.3 Å². The highest BCUT2D eigenvalue weighted by Gasteiger charge is 2.20. The zero-order valence-corrected chi connectivity index (χ0v) is 9.25. The van der Waals surface area contributed by atoms with Gasteiger partial charge in [0.1, 0.15) is 10.8 Å². The van der Waals surface area contributed by atoms with Crippen LogP contribution < -0.4 is 5.32 Å². The van der Waals surface area contributed by atoms with Crippen molar-refractivity contribution in [3.63, 3.8) is 0 Å². The number of aliphatic hydroxyl groups excluding tert-OH is 1. The maximum Gasteiger partial charge on any atom is 0.271 e. The molecule has 0 aromatic carbocycles. The van der Waals surface area contributed by atoms with Gasteiger partial charge in [0.2, 0.25) is 0 Å². The van der Waals surface area contributed by atoms with Crippen LogP contribution in [0.4, 0.5) is 0 Å². The van der Waals surface area contributed by atoms with Crippen LogP contribution in [0.5, 0.6) is 0 Å². The summed E-state index contributed by atoms with van der Waals surface area (Å²) in [5.74, 6) is -0.391.